The Morgan fingerprint density at radius 2 is 1.77 bits per heavy atom. The molecule has 4 N–H and O–H groups in total. The minimum absolute atomic E-state index is 0.0344. The monoisotopic (exact) mass is 357 g/mol. The summed E-state index contributed by atoms with van der Waals surface area (Å²) in [6, 6.07) is 13.3. The third-order valence-corrected chi connectivity index (χ3v) is 3.74. The lowest BCUT2D eigenvalue weighted by Crippen LogP contribution is -2.40. The molecule has 0 radical (unpaired) electrons. The molecule has 0 aromatic heterocycles. The van der Waals surface area contributed by atoms with Gasteiger partial charge in [-0.25, -0.2) is 5.43 Å². The maximum absolute atomic E-state index is 11.4. The highest BCUT2D eigenvalue weighted by Gasteiger charge is 2.22. The molecule has 0 spiro atoms. The highest BCUT2D eigenvalue weighted by atomic mass is 16.6. The van der Waals surface area contributed by atoms with E-state index in [0.29, 0.717) is 11.3 Å². The molecule has 136 valence electrons. The predicted molar refractivity (Wildman–Crippen MR) is 96.4 cm³/mol. The summed E-state index contributed by atoms with van der Waals surface area (Å²) in [6.07, 6.45) is -1.16. The number of carbonyl (C=O) groups is 1. The standard InChI is InChI=1S/C18H19N3O5/c1-12(17(22)13-7-9-15(10-8-13)21(25)26)11-16(18(23)24)20-19-14-5-3-2-4-6-14/h2-10,16-17,19-20,22H,1,11H2,(H,23,24). The Bertz CT molecular complexity index is 777. The summed E-state index contributed by atoms with van der Waals surface area (Å²) >= 11 is 0. The van der Waals surface area contributed by atoms with Crippen LogP contribution in [0.15, 0.2) is 66.7 Å². The van der Waals surface area contributed by atoms with Gasteiger partial charge >= 0.3 is 5.97 Å². The van der Waals surface area contributed by atoms with E-state index in [9.17, 15) is 25.1 Å². The van der Waals surface area contributed by atoms with Crippen molar-refractivity contribution in [3.8, 4) is 0 Å². The second kappa shape index (κ2) is 8.75. The van der Waals surface area contributed by atoms with Crippen LogP contribution in [0, 0.1) is 10.1 Å². The Kier molecular flexibility index (Phi) is 6.42. The molecule has 0 aliphatic carbocycles. The molecular weight excluding hydrogens is 338 g/mol. The number of benzene rings is 2. The number of nitro groups is 1. The number of carboxylic acids is 1. The van der Waals surface area contributed by atoms with Gasteiger partial charge in [-0.3, -0.25) is 14.9 Å². The molecule has 0 saturated carbocycles. The Hall–Kier alpha value is -3.23. The van der Waals surface area contributed by atoms with E-state index in [1.807, 2.05) is 6.07 Å². The Morgan fingerprint density at radius 1 is 1.15 bits per heavy atom. The number of non-ortho nitro benzene ring substituents is 1. The van der Waals surface area contributed by atoms with Crippen LogP contribution in [0.2, 0.25) is 0 Å². The molecule has 0 amide bonds. The number of carboxylic acid groups (broad SMARTS) is 1. The largest absolute Gasteiger partial charge is 0.480 e. The number of aliphatic carboxylic acids is 1. The number of aliphatic hydroxyl groups excluding tert-OH is 1. The van der Waals surface area contributed by atoms with Crippen LogP contribution >= 0.6 is 0 Å². The molecule has 0 bridgehead atoms. The average molecular weight is 357 g/mol. The number of nitrogens with one attached hydrogen (secondary N) is 2. The third kappa shape index (κ3) is 5.13. The molecule has 2 unspecified atom stereocenters. The van der Waals surface area contributed by atoms with E-state index in [0.717, 1.165) is 0 Å². The number of aliphatic hydroxyl groups is 1. The van der Waals surface area contributed by atoms with Crippen molar-refractivity contribution in [1.82, 2.24) is 5.43 Å². The van der Waals surface area contributed by atoms with Gasteiger partial charge in [0.2, 0.25) is 0 Å². The Labute approximate surface area is 149 Å². The molecule has 2 atom stereocenters. The number of hydrogen-bond acceptors (Lipinski definition) is 6. The smallest absolute Gasteiger partial charge is 0.322 e. The quantitative estimate of drug-likeness (QED) is 0.309. The first kappa shape index (κ1) is 19.1. The van der Waals surface area contributed by atoms with Gasteiger partial charge in [-0.15, -0.1) is 0 Å². The Morgan fingerprint density at radius 3 is 2.31 bits per heavy atom. The molecule has 2 rings (SSSR count). The zero-order valence-corrected chi connectivity index (χ0v) is 13.8. The van der Waals surface area contributed by atoms with E-state index in [-0.39, 0.29) is 17.7 Å². The van der Waals surface area contributed by atoms with Crippen molar-refractivity contribution in [1.29, 1.82) is 0 Å². The number of anilines is 1. The van der Waals surface area contributed by atoms with Gasteiger partial charge in [0.15, 0.2) is 0 Å². The minimum Gasteiger partial charge on any atom is -0.480 e. The average Bonchev–Trinajstić information content (AvgIpc) is 2.65. The predicted octanol–water partition coefficient (Wildman–Crippen LogP) is 2.64. The zero-order chi connectivity index (χ0) is 19.1. The van der Waals surface area contributed by atoms with Crippen molar-refractivity contribution >= 4 is 17.3 Å². The second-order valence-corrected chi connectivity index (χ2v) is 5.64. The molecular formula is C18H19N3O5. The van der Waals surface area contributed by atoms with E-state index >= 15 is 0 Å². The first-order valence-electron chi connectivity index (χ1n) is 7.78. The number of nitrogens with zero attached hydrogens (tertiary/aromatic N) is 1. The van der Waals surface area contributed by atoms with Gasteiger partial charge in [0.25, 0.3) is 5.69 Å². The second-order valence-electron chi connectivity index (χ2n) is 5.64. The molecule has 26 heavy (non-hydrogen) atoms. The van der Waals surface area contributed by atoms with Crippen molar-refractivity contribution < 1.29 is 19.9 Å². The molecule has 8 heteroatoms. The zero-order valence-electron chi connectivity index (χ0n) is 13.8. The van der Waals surface area contributed by atoms with Crippen LogP contribution in [0.4, 0.5) is 11.4 Å². The molecule has 0 aliphatic rings. The lowest BCUT2D eigenvalue weighted by atomic mass is 9.97. The molecule has 8 nitrogen and oxygen atoms in total. The van der Waals surface area contributed by atoms with Gasteiger partial charge in [0.1, 0.15) is 6.04 Å². The summed E-state index contributed by atoms with van der Waals surface area (Å²) in [5.41, 5.74) is 6.76. The third-order valence-electron chi connectivity index (χ3n) is 3.74. The Balaban J connectivity index is 1.99. The lowest BCUT2D eigenvalue weighted by molar-refractivity contribution is -0.384. The van der Waals surface area contributed by atoms with E-state index in [2.05, 4.69) is 17.4 Å². The molecule has 0 aliphatic heterocycles. The fourth-order valence-corrected chi connectivity index (χ4v) is 2.28. The van der Waals surface area contributed by atoms with Crippen LogP contribution in [0.1, 0.15) is 18.1 Å². The van der Waals surface area contributed by atoms with Gasteiger partial charge in [-0.05, 0) is 41.8 Å². The van der Waals surface area contributed by atoms with Crippen molar-refractivity contribution in [2.75, 3.05) is 5.43 Å². The van der Waals surface area contributed by atoms with Gasteiger partial charge in [0.05, 0.1) is 11.0 Å². The molecule has 2 aromatic carbocycles. The van der Waals surface area contributed by atoms with Crippen LogP contribution in [0.25, 0.3) is 0 Å². The van der Waals surface area contributed by atoms with Crippen LogP contribution in [0.3, 0.4) is 0 Å². The highest BCUT2D eigenvalue weighted by molar-refractivity contribution is 5.74. The maximum Gasteiger partial charge on any atom is 0.322 e. The van der Waals surface area contributed by atoms with Gasteiger partial charge < -0.3 is 15.6 Å². The maximum atomic E-state index is 11.4. The number of rotatable bonds is 9. The van der Waals surface area contributed by atoms with Crippen molar-refractivity contribution in [3.63, 3.8) is 0 Å². The molecule has 2 aromatic rings. The van der Waals surface area contributed by atoms with Crippen LogP contribution < -0.4 is 10.9 Å². The van der Waals surface area contributed by atoms with Crippen molar-refractivity contribution in [3.05, 3.63) is 82.4 Å². The van der Waals surface area contributed by atoms with Crippen molar-refractivity contribution in [2.45, 2.75) is 18.6 Å². The SMILES string of the molecule is C=C(CC(NNc1ccccc1)C(=O)O)C(O)c1ccc([N+](=O)[O-])cc1. The van der Waals surface area contributed by atoms with E-state index in [1.165, 1.54) is 24.3 Å². The molecule has 0 fully saturated rings. The highest BCUT2D eigenvalue weighted by Crippen LogP contribution is 2.25. The first-order valence-corrected chi connectivity index (χ1v) is 7.78. The number of para-hydroxylation sites is 1. The fraction of sp³-hybridized carbons (Fsp3) is 0.167. The summed E-state index contributed by atoms with van der Waals surface area (Å²) < 4.78 is 0. The molecule has 0 saturated heterocycles. The number of nitro benzene ring substituents is 1. The lowest BCUT2D eigenvalue weighted by Gasteiger charge is -2.20. The number of hydrogen-bond donors (Lipinski definition) is 4. The van der Waals surface area contributed by atoms with Gasteiger partial charge in [-0.1, -0.05) is 24.8 Å². The van der Waals surface area contributed by atoms with Crippen LogP contribution in [-0.2, 0) is 4.79 Å². The minimum atomic E-state index is -1.13. The fourth-order valence-electron chi connectivity index (χ4n) is 2.28. The van der Waals surface area contributed by atoms with E-state index in [4.69, 9.17) is 0 Å². The van der Waals surface area contributed by atoms with Crippen molar-refractivity contribution in [2.24, 2.45) is 0 Å². The normalized spacial score (nSPS) is 12.8. The first-order chi connectivity index (χ1) is 12.4. The summed E-state index contributed by atoms with van der Waals surface area (Å²) in [5, 5.41) is 30.3. The van der Waals surface area contributed by atoms with E-state index < -0.39 is 23.0 Å². The summed E-state index contributed by atoms with van der Waals surface area (Å²) in [7, 11) is 0. The van der Waals surface area contributed by atoms with Crippen LogP contribution in [0.5, 0.6) is 0 Å². The summed E-state index contributed by atoms with van der Waals surface area (Å²) in [4.78, 5) is 21.6. The summed E-state index contributed by atoms with van der Waals surface area (Å²) in [5.74, 6) is -1.11. The summed E-state index contributed by atoms with van der Waals surface area (Å²) in [6.45, 7) is 3.75. The number of hydrazine groups is 1. The van der Waals surface area contributed by atoms with E-state index in [1.54, 1.807) is 24.3 Å². The van der Waals surface area contributed by atoms with Crippen LogP contribution in [-0.4, -0.2) is 27.1 Å². The van der Waals surface area contributed by atoms with Gasteiger partial charge in [-0.2, -0.15) is 0 Å². The van der Waals surface area contributed by atoms with Gasteiger partial charge in [0, 0.05) is 17.8 Å². The topological polar surface area (TPSA) is 125 Å². The molecule has 0 heterocycles.